The van der Waals surface area contributed by atoms with E-state index >= 15 is 0 Å². The number of anilines is 2. The van der Waals surface area contributed by atoms with Gasteiger partial charge in [-0.3, -0.25) is 5.10 Å². The molecule has 0 radical (unpaired) electrons. The Labute approximate surface area is 81.2 Å². The molecule has 0 saturated heterocycles. The number of nitrogens with two attached hydrogens (primary N) is 1. The molecule has 0 amide bonds. The average Bonchev–Trinajstić information content (AvgIpc) is 2.72. The lowest BCUT2D eigenvalue weighted by molar-refractivity contribution is -0.446. The van der Waals surface area contributed by atoms with E-state index in [9.17, 15) is 10.1 Å². The van der Waals surface area contributed by atoms with Crippen LogP contribution in [0.5, 0.6) is 0 Å². The number of hydrazine groups is 1. The largest absolute Gasteiger partial charge is 0.366 e. The van der Waals surface area contributed by atoms with Gasteiger partial charge in [0.1, 0.15) is 0 Å². The van der Waals surface area contributed by atoms with Gasteiger partial charge < -0.3 is 5.73 Å². The van der Waals surface area contributed by atoms with Gasteiger partial charge in [-0.2, -0.15) is 9.97 Å². The van der Waals surface area contributed by atoms with Gasteiger partial charge in [0.15, 0.2) is 10.9 Å². The highest BCUT2D eigenvalue weighted by molar-refractivity contribution is 5.46. The minimum absolute atomic E-state index is 0.0404. The van der Waals surface area contributed by atoms with Gasteiger partial charge in [-0.05, 0) is 0 Å². The number of nitro groups is 1. The second kappa shape index (κ2) is 3.21. The molecule has 15 heavy (non-hydrogen) atoms. The highest BCUT2D eigenvalue weighted by Crippen LogP contribution is 2.10. The first kappa shape index (κ1) is 8.86. The normalized spacial score (nSPS) is 10.1. The maximum Gasteiger partial charge on any atom is 0.281 e. The van der Waals surface area contributed by atoms with Gasteiger partial charge >= 0.3 is 0 Å². The molecule has 0 aromatic carbocycles. The third-order valence-corrected chi connectivity index (χ3v) is 1.40. The van der Waals surface area contributed by atoms with Gasteiger partial charge in [0.05, 0.1) is 0 Å². The standard InChI is InChI=1S/C4H5N9O2/c5-3-6-1(8-10-3)2-7-4(11-9-2)12-13(14)15/h(H3,5,6,8,10)(H2,7,9,11,12). The topological polar surface area (TPSA) is 164 Å². The summed E-state index contributed by atoms with van der Waals surface area (Å²) in [6.45, 7) is 0. The first-order valence-electron chi connectivity index (χ1n) is 3.67. The van der Waals surface area contributed by atoms with Crippen LogP contribution in [0.4, 0.5) is 11.9 Å². The molecule has 2 heterocycles. The Morgan fingerprint density at radius 2 is 2.13 bits per heavy atom. The lowest BCUT2D eigenvalue weighted by atomic mass is 10.6. The van der Waals surface area contributed by atoms with E-state index in [1.165, 1.54) is 0 Å². The second-order valence-corrected chi connectivity index (χ2v) is 2.42. The predicted molar refractivity (Wildman–Crippen MR) is 46.8 cm³/mol. The van der Waals surface area contributed by atoms with Crippen molar-refractivity contribution in [3.8, 4) is 11.6 Å². The Bertz CT molecular complexity index is 486. The molecule has 2 rings (SSSR count). The Kier molecular flexibility index (Phi) is 1.89. The number of nitrogens with one attached hydrogen (secondary N) is 3. The number of rotatable bonds is 3. The van der Waals surface area contributed by atoms with Crippen LogP contribution in [0.1, 0.15) is 0 Å². The summed E-state index contributed by atoms with van der Waals surface area (Å²) < 4.78 is 0. The molecular weight excluding hydrogens is 206 g/mol. The highest BCUT2D eigenvalue weighted by atomic mass is 16.7. The summed E-state index contributed by atoms with van der Waals surface area (Å²) >= 11 is 0. The molecule has 0 aliphatic heterocycles. The number of nitrogen functional groups attached to an aromatic ring is 1. The molecule has 2 aromatic heterocycles. The quantitative estimate of drug-likeness (QED) is 0.362. The third-order valence-electron chi connectivity index (χ3n) is 1.40. The third kappa shape index (κ3) is 1.79. The van der Waals surface area contributed by atoms with E-state index in [0.717, 1.165) is 0 Å². The highest BCUT2D eigenvalue weighted by Gasteiger charge is 2.11. The molecule has 5 N–H and O–H groups in total. The molecule has 11 nitrogen and oxygen atoms in total. The monoisotopic (exact) mass is 211 g/mol. The fourth-order valence-electron chi connectivity index (χ4n) is 0.879. The lowest BCUT2D eigenvalue weighted by Crippen LogP contribution is -2.08. The molecule has 0 fully saturated rings. The summed E-state index contributed by atoms with van der Waals surface area (Å²) in [7, 11) is 0. The lowest BCUT2D eigenvalue weighted by Gasteiger charge is -1.86. The van der Waals surface area contributed by atoms with Gasteiger partial charge in [0.25, 0.3) is 5.95 Å². The van der Waals surface area contributed by atoms with Crippen molar-refractivity contribution in [3.63, 3.8) is 0 Å². The van der Waals surface area contributed by atoms with Gasteiger partial charge in [0.2, 0.25) is 11.8 Å². The molecule has 0 aliphatic carbocycles. The summed E-state index contributed by atoms with van der Waals surface area (Å²) in [5, 5.41) is 21.3. The van der Waals surface area contributed by atoms with E-state index in [4.69, 9.17) is 5.73 Å². The maximum absolute atomic E-state index is 10.1. The summed E-state index contributed by atoms with van der Waals surface area (Å²) in [5.41, 5.74) is 7.06. The number of nitrogens with zero attached hydrogens (tertiary/aromatic N) is 5. The van der Waals surface area contributed by atoms with Crippen molar-refractivity contribution in [2.75, 3.05) is 11.2 Å². The van der Waals surface area contributed by atoms with E-state index < -0.39 is 5.03 Å². The molecule has 78 valence electrons. The van der Waals surface area contributed by atoms with Crippen LogP contribution in [0, 0.1) is 10.1 Å². The van der Waals surface area contributed by atoms with E-state index in [1.54, 1.807) is 5.43 Å². The van der Waals surface area contributed by atoms with Crippen LogP contribution < -0.4 is 11.2 Å². The summed E-state index contributed by atoms with van der Waals surface area (Å²) in [5.74, 6) is 0.284. The molecule has 0 aliphatic rings. The molecule has 0 atom stereocenters. The van der Waals surface area contributed by atoms with Crippen LogP contribution in [0.25, 0.3) is 11.6 Å². The Hall–Kier alpha value is -2.72. The van der Waals surface area contributed by atoms with Crippen molar-refractivity contribution in [3.05, 3.63) is 10.1 Å². The van der Waals surface area contributed by atoms with E-state index in [2.05, 4.69) is 30.4 Å². The molecule has 0 spiro atoms. The van der Waals surface area contributed by atoms with E-state index in [-0.39, 0.29) is 23.5 Å². The molecule has 11 heteroatoms. The van der Waals surface area contributed by atoms with Crippen LogP contribution in [-0.2, 0) is 0 Å². The number of aromatic amines is 2. The summed E-state index contributed by atoms with van der Waals surface area (Å²) in [6.07, 6.45) is 0. The minimum atomic E-state index is -0.765. The van der Waals surface area contributed by atoms with E-state index in [1.807, 2.05) is 0 Å². The minimum Gasteiger partial charge on any atom is -0.366 e. The van der Waals surface area contributed by atoms with Crippen molar-refractivity contribution in [1.29, 1.82) is 0 Å². The number of aromatic nitrogens is 6. The average molecular weight is 211 g/mol. The van der Waals surface area contributed by atoms with Gasteiger partial charge in [0, 0.05) is 0 Å². The molecular formula is C4H5N9O2. The summed E-state index contributed by atoms with van der Waals surface area (Å²) in [6, 6.07) is 0. The van der Waals surface area contributed by atoms with Crippen molar-refractivity contribution in [1.82, 2.24) is 30.4 Å². The van der Waals surface area contributed by atoms with Crippen LogP contribution >= 0.6 is 0 Å². The zero-order valence-corrected chi connectivity index (χ0v) is 7.13. The second-order valence-electron chi connectivity index (χ2n) is 2.42. The molecule has 0 unspecified atom stereocenters. The number of hydrogen-bond donors (Lipinski definition) is 4. The van der Waals surface area contributed by atoms with Crippen molar-refractivity contribution < 1.29 is 5.03 Å². The first-order valence-corrected chi connectivity index (χ1v) is 3.67. The SMILES string of the molecule is Nc1n[nH]c(-c2n[nH]c(N[N+](=O)[O-])n2)n1. The molecule has 2 aromatic rings. The van der Waals surface area contributed by atoms with Crippen molar-refractivity contribution >= 4 is 11.9 Å². The first-order chi connectivity index (χ1) is 7.15. The van der Waals surface area contributed by atoms with Crippen LogP contribution in [-0.4, -0.2) is 35.4 Å². The zero-order valence-electron chi connectivity index (χ0n) is 7.13. The maximum atomic E-state index is 10.1. The molecule has 0 bridgehead atoms. The zero-order chi connectivity index (χ0) is 10.8. The van der Waals surface area contributed by atoms with Crippen LogP contribution in [0.2, 0.25) is 0 Å². The Balaban J connectivity index is 2.23. The van der Waals surface area contributed by atoms with Crippen molar-refractivity contribution in [2.24, 2.45) is 0 Å². The number of hydrogen-bond acceptors (Lipinski definition) is 7. The van der Waals surface area contributed by atoms with Gasteiger partial charge in [-0.15, -0.1) is 10.2 Å². The van der Waals surface area contributed by atoms with Gasteiger partial charge in [-0.25, -0.2) is 15.2 Å². The summed E-state index contributed by atoms with van der Waals surface area (Å²) in [4.78, 5) is 17.5. The molecule has 0 saturated carbocycles. The Morgan fingerprint density at radius 1 is 1.33 bits per heavy atom. The predicted octanol–water partition coefficient (Wildman–Crippen LogP) is -1.22. The van der Waals surface area contributed by atoms with Crippen LogP contribution in [0.3, 0.4) is 0 Å². The van der Waals surface area contributed by atoms with Crippen LogP contribution in [0.15, 0.2) is 0 Å². The fraction of sp³-hybridized carbons (Fsp3) is 0. The fourth-order valence-corrected chi connectivity index (χ4v) is 0.879. The van der Waals surface area contributed by atoms with Crippen molar-refractivity contribution in [2.45, 2.75) is 0 Å². The number of H-pyrrole nitrogens is 2. The Morgan fingerprint density at radius 3 is 2.73 bits per heavy atom. The van der Waals surface area contributed by atoms with Gasteiger partial charge in [-0.1, -0.05) is 5.43 Å². The smallest absolute Gasteiger partial charge is 0.281 e. The van der Waals surface area contributed by atoms with E-state index in [0.29, 0.717) is 0 Å².